The lowest BCUT2D eigenvalue weighted by atomic mass is 10.2. The monoisotopic (exact) mass is 278 g/mol. The van der Waals surface area contributed by atoms with Gasteiger partial charge < -0.3 is 20.7 Å². The Labute approximate surface area is 119 Å². The largest absolute Gasteiger partial charge is 0.497 e. The molecule has 0 heterocycles. The summed E-state index contributed by atoms with van der Waals surface area (Å²) < 4.78 is 5.06. The van der Waals surface area contributed by atoms with E-state index in [-0.39, 0.29) is 17.9 Å². The van der Waals surface area contributed by atoms with Crippen molar-refractivity contribution in [2.75, 3.05) is 19.0 Å². The molecule has 1 aromatic rings. The number of benzene rings is 1. The summed E-state index contributed by atoms with van der Waals surface area (Å²) in [6.07, 6.45) is 0.369. The van der Waals surface area contributed by atoms with Gasteiger partial charge in [-0.25, -0.2) is 4.79 Å². The minimum Gasteiger partial charge on any atom is -0.497 e. The first-order valence-electron chi connectivity index (χ1n) is 6.48. The maximum Gasteiger partial charge on any atom is 0.322 e. The molecule has 4 N–H and O–H groups in total. The van der Waals surface area contributed by atoms with Crippen molar-refractivity contribution < 1.29 is 9.53 Å². The number of nitrogens with two attached hydrogens (primary N) is 1. The highest BCUT2D eigenvalue weighted by Crippen LogP contribution is 2.16. The van der Waals surface area contributed by atoms with Crippen LogP contribution < -0.4 is 15.8 Å². The van der Waals surface area contributed by atoms with E-state index in [0.717, 1.165) is 5.75 Å². The van der Waals surface area contributed by atoms with Crippen LogP contribution in [0.3, 0.4) is 0 Å². The molecule has 0 saturated heterocycles. The van der Waals surface area contributed by atoms with E-state index in [4.69, 9.17) is 15.9 Å². The van der Waals surface area contributed by atoms with Gasteiger partial charge in [-0.1, -0.05) is 0 Å². The van der Waals surface area contributed by atoms with Gasteiger partial charge in [-0.05, 0) is 38.1 Å². The molecule has 20 heavy (non-hydrogen) atoms. The van der Waals surface area contributed by atoms with E-state index in [1.54, 1.807) is 36.3 Å². The molecule has 0 aliphatic heterocycles. The fourth-order valence-corrected chi connectivity index (χ4v) is 1.70. The molecule has 6 heteroatoms. The topological polar surface area (TPSA) is 91.4 Å². The number of hydrogen-bond acceptors (Lipinski definition) is 3. The normalized spacial score (nSPS) is 10.2. The van der Waals surface area contributed by atoms with E-state index in [0.29, 0.717) is 18.7 Å². The second-order valence-corrected chi connectivity index (χ2v) is 4.72. The van der Waals surface area contributed by atoms with Crippen molar-refractivity contribution >= 4 is 17.6 Å². The molecule has 0 unspecified atom stereocenters. The summed E-state index contributed by atoms with van der Waals surface area (Å²) >= 11 is 0. The van der Waals surface area contributed by atoms with Gasteiger partial charge in [-0.3, -0.25) is 5.41 Å². The summed E-state index contributed by atoms with van der Waals surface area (Å²) in [7, 11) is 1.59. The van der Waals surface area contributed by atoms with Crippen molar-refractivity contribution in [2.24, 2.45) is 5.73 Å². The predicted octanol–water partition coefficient (Wildman–Crippen LogP) is 2.26. The number of carbonyl (C=O) groups is 1. The summed E-state index contributed by atoms with van der Waals surface area (Å²) in [6, 6.07) is 6.95. The number of urea groups is 1. The fraction of sp³-hybridized carbons (Fsp3) is 0.429. The van der Waals surface area contributed by atoms with Crippen LogP contribution in [-0.4, -0.2) is 36.5 Å². The van der Waals surface area contributed by atoms with E-state index in [2.05, 4.69) is 5.32 Å². The number of ether oxygens (including phenoxy) is 1. The first-order chi connectivity index (χ1) is 9.43. The number of rotatable bonds is 6. The Morgan fingerprint density at radius 3 is 2.45 bits per heavy atom. The zero-order valence-corrected chi connectivity index (χ0v) is 12.1. The first kappa shape index (κ1) is 15.8. The second-order valence-electron chi connectivity index (χ2n) is 4.72. The van der Waals surface area contributed by atoms with E-state index < -0.39 is 0 Å². The van der Waals surface area contributed by atoms with Gasteiger partial charge in [-0.15, -0.1) is 0 Å². The van der Waals surface area contributed by atoms with Crippen LogP contribution in [0.4, 0.5) is 10.5 Å². The van der Waals surface area contributed by atoms with Crippen LogP contribution in [0.5, 0.6) is 5.75 Å². The summed E-state index contributed by atoms with van der Waals surface area (Å²) in [5.74, 6) is 0.813. The van der Waals surface area contributed by atoms with Gasteiger partial charge in [0, 0.05) is 24.7 Å². The number of anilines is 1. The lowest BCUT2D eigenvalue weighted by Crippen LogP contribution is -2.41. The van der Waals surface area contributed by atoms with Crippen LogP contribution in [-0.2, 0) is 0 Å². The van der Waals surface area contributed by atoms with E-state index >= 15 is 0 Å². The van der Waals surface area contributed by atoms with Gasteiger partial charge in [0.15, 0.2) is 0 Å². The van der Waals surface area contributed by atoms with Crippen LogP contribution in [0, 0.1) is 5.41 Å². The smallest absolute Gasteiger partial charge is 0.322 e. The molecule has 0 radical (unpaired) electrons. The SMILES string of the molecule is COc1ccc(NC(=O)N(CCC(=N)N)C(C)C)cc1. The van der Waals surface area contributed by atoms with E-state index in [9.17, 15) is 4.79 Å². The van der Waals surface area contributed by atoms with Crippen LogP contribution >= 0.6 is 0 Å². The van der Waals surface area contributed by atoms with Crippen LogP contribution in [0.2, 0.25) is 0 Å². The van der Waals surface area contributed by atoms with Crippen molar-refractivity contribution in [3.8, 4) is 5.75 Å². The quantitative estimate of drug-likeness (QED) is 0.550. The third kappa shape index (κ3) is 4.79. The minimum atomic E-state index is -0.202. The molecule has 6 nitrogen and oxygen atoms in total. The molecule has 110 valence electrons. The van der Waals surface area contributed by atoms with Crippen molar-refractivity contribution in [2.45, 2.75) is 26.3 Å². The van der Waals surface area contributed by atoms with Gasteiger partial charge in [0.05, 0.1) is 12.9 Å². The molecule has 2 amide bonds. The lowest BCUT2D eigenvalue weighted by molar-refractivity contribution is 0.199. The highest BCUT2D eigenvalue weighted by atomic mass is 16.5. The Kier molecular flexibility index (Phi) is 5.83. The van der Waals surface area contributed by atoms with Crippen LogP contribution in [0.1, 0.15) is 20.3 Å². The number of nitrogens with one attached hydrogen (secondary N) is 2. The highest BCUT2D eigenvalue weighted by molar-refractivity contribution is 5.90. The molecule has 0 aliphatic carbocycles. The standard InChI is InChI=1S/C14H22N4O2/c1-10(2)18(9-8-13(15)16)14(19)17-11-4-6-12(20-3)7-5-11/h4-7,10H,8-9H2,1-3H3,(H3,15,16)(H,17,19). The Hall–Kier alpha value is -2.24. The number of hydrogen-bond donors (Lipinski definition) is 3. The molecule has 0 spiro atoms. The molecule has 0 atom stereocenters. The molecule has 1 aromatic carbocycles. The van der Waals surface area contributed by atoms with Crippen molar-refractivity contribution in [3.05, 3.63) is 24.3 Å². The van der Waals surface area contributed by atoms with Gasteiger partial charge >= 0.3 is 6.03 Å². The van der Waals surface area contributed by atoms with Crippen molar-refractivity contribution in [3.63, 3.8) is 0 Å². The highest BCUT2D eigenvalue weighted by Gasteiger charge is 2.16. The van der Waals surface area contributed by atoms with Crippen LogP contribution in [0.15, 0.2) is 24.3 Å². The second kappa shape index (κ2) is 7.37. The van der Waals surface area contributed by atoms with Crippen molar-refractivity contribution in [1.82, 2.24) is 4.90 Å². The van der Waals surface area contributed by atoms with E-state index in [1.165, 1.54) is 0 Å². The molecule has 1 rings (SSSR count). The average molecular weight is 278 g/mol. The number of carbonyl (C=O) groups excluding carboxylic acids is 1. The number of amidine groups is 1. The Morgan fingerprint density at radius 1 is 1.40 bits per heavy atom. The third-order valence-corrected chi connectivity index (χ3v) is 2.85. The lowest BCUT2D eigenvalue weighted by Gasteiger charge is -2.26. The molecular weight excluding hydrogens is 256 g/mol. The maximum absolute atomic E-state index is 12.2. The summed E-state index contributed by atoms with van der Waals surface area (Å²) in [4.78, 5) is 13.8. The Bertz CT molecular complexity index is 457. The Morgan fingerprint density at radius 2 is 2.00 bits per heavy atom. The number of amides is 2. The van der Waals surface area contributed by atoms with Gasteiger partial charge in [-0.2, -0.15) is 0 Å². The summed E-state index contributed by atoms with van der Waals surface area (Å²) in [6.45, 7) is 4.27. The molecule has 0 fully saturated rings. The van der Waals surface area contributed by atoms with Crippen molar-refractivity contribution in [1.29, 1.82) is 5.41 Å². The van der Waals surface area contributed by atoms with Gasteiger partial charge in [0.25, 0.3) is 0 Å². The molecule has 0 saturated carbocycles. The average Bonchev–Trinajstić information content (AvgIpc) is 2.39. The maximum atomic E-state index is 12.2. The molecule has 0 bridgehead atoms. The van der Waals surface area contributed by atoms with Gasteiger partial charge in [0.1, 0.15) is 5.75 Å². The zero-order chi connectivity index (χ0) is 15.1. The molecular formula is C14H22N4O2. The first-order valence-corrected chi connectivity index (χ1v) is 6.48. The predicted molar refractivity (Wildman–Crippen MR) is 80.4 cm³/mol. The fourth-order valence-electron chi connectivity index (χ4n) is 1.70. The third-order valence-electron chi connectivity index (χ3n) is 2.85. The van der Waals surface area contributed by atoms with E-state index in [1.807, 2.05) is 13.8 Å². The van der Waals surface area contributed by atoms with Gasteiger partial charge in [0.2, 0.25) is 0 Å². The molecule has 0 aromatic heterocycles. The van der Waals surface area contributed by atoms with Crippen LogP contribution in [0.25, 0.3) is 0 Å². The summed E-state index contributed by atoms with van der Waals surface area (Å²) in [5.41, 5.74) is 6.03. The number of methoxy groups -OCH3 is 1. The summed E-state index contributed by atoms with van der Waals surface area (Å²) in [5, 5.41) is 10.1. The minimum absolute atomic E-state index is 0.0348. The molecule has 0 aliphatic rings. The zero-order valence-electron chi connectivity index (χ0n) is 12.1. The number of nitrogens with zero attached hydrogens (tertiary/aromatic N) is 1. The Balaban J connectivity index is 2.66.